The van der Waals surface area contributed by atoms with Crippen LogP contribution in [-0.4, -0.2) is 13.6 Å². The van der Waals surface area contributed by atoms with E-state index in [1.165, 1.54) is 37.7 Å². The zero-order valence-electron chi connectivity index (χ0n) is 10.3. The molecule has 16 heavy (non-hydrogen) atoms. The van der Waals surface area contributed by atoms with Gasteiger partial charge in [-0.05, 0) is 37.3 Å². The number of likely N-dealkylation sites (N-methyl/N-ethyl adjacent to an activating group) is 1. The van der Waals surface area contributed by atoms with E-state index < -0.39 is 0 Å². The van der Waals surface area contributed by atoms with Gasteiger partial charge >= 0.3 is 0 Å². The van der Waals surface area contributed by atoms with E-state index in [1.54, 1.807) is 0 Å². The summed E-state index contributed by atoms with van der Waals surface area (Å²) in [6.45, 7) is 1.12. The minimum atomic E-state index is 0.714. The topological polar surface area (TPSA) is 12.0 Å². The number of nitrogens with one attached hydrogen (secondary N) is 1. The highest BCUT2D eigenvalue weighted by Crippen LogP contribution is 2.35. The van der Waals surface area contributed by atoms with Crippen molar-refractivity contribution in [1.82, 2.24) is 5.32 Å². The lowest BCUT2D eigenvalue weighted by atomic mass is 9.77. The van der Waals surface area contributed by atoms with Crippen molar-refractivity contribution in [2.45, 2.75) is 38.0 Å². The highest BCUT2D eigenvalue weighted by atomic mass is 14.8. The fraction of sp³-hybridized carbons (Fsp3) is 0.600. The minimum Gasteiger partial charge on any atom is -0.319 e. The molecule has 1 aromatic rings. The predicted molar refractivity (Wildman–Crippen MR) is 69.7 cm³/mol. The molecule has 0 spiro atoms. The summed E-state index contributed by atoms with van der Waals surface area (Å²) in [6, 6.07) is 11.0. The molecule has 1 aromatic carbocycles. The first-order valence-corrected chi connectivity index (χ1v) is 6.61. The Morgan fingerprint density at radius 2 is 1.81 bits per heavy atom. The second-order valence-electron chi connectivity index (χ2n) is 4.97. The smallest absolute Gasteiger partial charge is 0.00198 e. The molecule has 1 unspecified atom stereocenters. The normalized spacial score (nSPS) is 19.6. The summed E-state index contributed by atoms with van der Waals surface area (Å²) in [4.78, 5) is 0. The van der Waals surface area contributed by atoms with Crippen LogP contribution >= 0.6 is 0 Å². The average molecular weight is 217 g/mol. The van der Waals surface area contributed by atoms with Gasteiger partial charge in [-0.2, -0.15) is 0 Å². The Morgan fingerprint density at radius 1 is 1.12 bits per heavy atom. The summed E-state index contributed by atoms with van der Waals surface area (Å²) < 4.78 is 0. The van der Waals surface area contributed by atoms with Crippen molar-refractivity contribution in [2.24, 2.45) is 5.92 Å². The molecular formula is C15H23N. The SMILES string of the molecule is CNCC(c1ccccc1)C1CCCCC1. The average Bonchev–Trinajstić information content (AvgIpc) is 2.38. The molecule has 0 radical (unpaired) electrons. The first-order chi connectivity index (χ1) is 7.92. The zero-order valence-corrected chi connectivity index (χ0v) is 10.3. The maximum atomic E-state index is 3.36. The Balaban J connectivity index is 2.09. The van der Waals surface area contributed by atoms with Crippen LogP contribution in [-0.2, 0) is 0 Å². The molecule has 1 fully saturated rings. The van der Waals surface area contributed by atoms with E-state index >= 15 is 0 Å². The molecule has 0 aromatic heterocycles. The Bertz CT molecular complexity index is 288. The van der Waals surface area contributed by atoms with E-state index in [0.717, 1.165) is 12.5 Å². The summed E-state index contributed by atoms with van der Waals surface area (Å²) in [5.74, 6) is 1.61. The van der Waals surface area contributed by atoms with E-state index in [9.17, 15) is 0 Å². The molecule has 0 aliphatic heterocycles. The van der Waals surface area contributed by atoms with Crippen LogP contribution in [0, 0.1) is 5.92 Å². The quantitative estimate of drug-likeness (QED) is 0.813. The molecule has 1 atom stereocenters. The van der Waals surface area contributed by atoms with Gasteiger partial charge in [0.15, 0.2) is 0 Å². The molecule has 1 N–H and O–H groups in total. The van der Waals surface area contributed by atoms with Crippen LogP contribution in [0.15, 0.2) is 30.3 Å². The highest BCUT2D eigenvalue weighted by Gasteiger charge is 2.24. The number of benzene rings is 1. The minimum absolute atomic E-state index is 0.714. The number of hydrogen-bond donors (Lipinski definition) is 1. The highest BCUT2D eigenvalue weighted by molar-refractivity contribution is 5.21. The number of rotatable bonds is 4. The van der Waals surface area contributed by atoms with Gasteiger partial charge in [-0.1, -0.05) is 49.6 Å². The Hall–Kier alpha value is -0.820. The van der Waals surface area contributed by atoms with Crippen molar-refractivity contribution in [1.29, 1.82) is 0 Å². The molecule has 0 bridgehead atoms. The Kier molecular flexibility index (Phi) is 4.41. The summed E-state index contributed by atoms with van der Waals surface area (Å²) in [5, 5.41) is 3.36. The first-order valence-electron chi connectivity index (χ1n) is 6.61. The third-order valence-electron chi connectivity index (χ3n) is 3.87. The van der Waals surface area contributed by atoms with Crippen molar-refractivity contribution in [3.63, 3.8) is 0 Å². The first kappa shape index (κ1) is 11.7. The van der Waals surface area contributed by atoms with Crippen molar-refractivity contribution in [3.8, 4) is 0 Å². The van der Waals surface area contributed by atoms with E-state index in [4.69, 9.17) is 0 Å². The van der Waals surface area contributed by atoms with Crippen molar-refractivity contribution >= 4 is 0 Å². The van der Waals surface area contributed by atoms with Crippen LogP contribution in [0.25, 0.3) is 0 Å². The monoisotopic (exact) mass is 217 g/mol. The van der Waals surface area contributed by atoms with E-state index in [0.29, 0.717) is 5.92 Å². The summed E-state index contributed by atoms with van der Waals surface area (Å²) in [7, 11) is 2.07. The molecule has 1 saturated carbocycles. The molecule has 0 heterocycles. The van der Waals surface area contributed by atoms with Crippen LogP contribution in [0.1, 0.15) is 43.6 Å². The zero-order chi connectivity index (χ0) is 11.2. The molecule has 0 amide bonds. The van der Waals surface area contributed by atoms with Crippen molar-refractivity contribution < 1.29 is 0 Å². The van der Waals surface area contributed by atoms with E-state index in [1.807, 2.05) is 0 Å². The van der Waals surface area contributed by atoms with Gasteiger partial charge in [-0.3, -0.25) is 0 Å². The third kappa shape index (κ3) is 2.85. The molecule has 2 rings (SSSR count). The molecular weight excluding hydrogens is 194 g/mol. The fourth-order valence-electron chi connectivity index (χ4n) is 3.01. The van der Waals surface area contributed by atoms with Crippen LogP contribution in [0.2, 0.25) is 0 Å². The van der Waals surface area contributed by atoms with Gasteiger partial charge in [0.2, 0.25) is 0 Å². The van der Waals surface area contributed by atoms with Gasteiger partial charge in [-0.25, -0.2) is 0 Å². The molecule has 1 aliphatic carbocycles. The molecule has 0 saturated heterocycles. The van der Waals surface area contributed by atoms with Gasteiger partial charge in [0.1, 0.15) is 0 Å². The predicted octanol–water partition coefficient (Wildman–Crippen LogP) is 3.57. The summed E-state index contributed by atoms with van der Waals surface area (Å²) >= 11 is 0. The fourth-order valence-corrected chi connectivity index (χ4v) is 3.01. The van der Waals surface area contributed by atoms with Crippen LogP contribution < -0.4 is 5.32 Å². The van der Waals surface area contributed by atoms with Crippen molar-refractivity contribution in [2.75, 3.05) is 13.6 Å². The van der Waals surface area contributed by atoms with Crippen LogP contribution in [0.4, 0.5) is 0 Å². The van der Waals surface area contributed by atoms with E-state index in [2.05, 4.69) is 42.7 Å². The second-order valence-corrected chi connectivity index (χ2v) is 4.97. The summed E-state index contributed by atoms with van der Waals surface area (Å²) in [6.07, 6.45) is 7.13. The van der Waals surface area contributed by atoms with E-state index in [-0.39, 0.29) is 0 Å². The lowest BCUT2D eigenvalue weighted by Gasteiger charge is -2.30. The molecule has 1 aliphatic rings. The van der Waals surface area contributed by atoms with Gasteiger partial charge in [-0.15, -0.1) is 0 Å². The largest absolute Gasteiger partial charge is 0.319 e. The Morgan fingerprint density at radius 3 is 2.44 bits per heavy atom. The van der Waals surface area contributed by atoms with Gasteiger partial charge < -0.3 is 5.32 Å². The standard InChI is InChI=1S/C15H23N/c1-16-12-15(13-8-4-2-5-9-13)14-10-6-3-7-11-14/h2,4-5,8-9,14-16H,3,6-7,10-12H2,1H3. The van der Waals surface area contributed by atoms with Gasteiger partial charge in [0.05, 0.1) is 0 Å². The second kappa shape index (κ2) is 6.05. The maximum Gasteiger partial charge on any atom is 0.00198 e. The third-order valence-corrected chi connectivity index (χ3v) is 3.87. The van der Waals surface area contributed by atoms with Gasteiger partial charge in [0.25, 0.3) is 0 Å². The molecule has 88 valence electrons. The van der Waals surface area contributed by atoms with Crippen molar-refractivity contribution in [3.05, 3.63) is 35.9 Å². The lowest BCUT2D eigenvalue weighted by Crippen LogP contribution is -2.25. The Labute approximate surface area is 99.3 Å². The maximum absolute atomic E-state index is 3.36. The lowest BCUT2D eigenvalue weighted by molar-refractivity contribution is 0.300. The molecule has 1 heteroatoms. The van der Waals surface area contributed by atoms with Crippen LogP contribution in [0.5, 0.6) is 0 Å². The van der Waals surface area contributed by atoms with Crippen LogP contribution in [0.3, 0.4) is 0 Å². The summed E-state index contributed by atoms with van der Waals surface area (Å²) in [5.41, 5.74) is 1.52. The molecule has 1 nitrogen and oxygen atoms in total. The van der Waals surface area contributed by atoms with Gasteiger partial charge in [0, 0.05) is 6.54 Å². The number of hydrogen-bond acceptors (Lipinski definition) is 1.